The van der Waals surface area contributed by atoms with Crippen molar-refractivity contribution in [1.29, 1.82) is 0 Å². The molecule has 4 unspecified atom stereocenters. The Hall–Kier alpha value is -5.66. The second-order valence-electron chi connectivity index (χ2n) is 13.8. The van der Waals surface area contributed by atoms with Gasteiger partial charge in [-0.1, -0.05) is 0 Å². The minimum absolute atomic E-state index is 0.159. The van der Waals surface area contributed by atoms with Gasteiger partial charge < -0.3 is 18.9 Å². The van der Waals surface area contributed by atoms with Crippen molar-refractivity contribution >= 4 is 57.6 Å². The zero-order valence-corrected chi connectivity index (χ0v) is 29.3. The molecule has 14 heteroatoms. The van der Waals surface area contributed by atoms with Crippen LogP contribution in [0.1, 0.15) is 35.4 Å². The standard InChI is InChI=1S/C38H38N4O10/c1-49-19-7-9-29-21(13-19)23-15-25-27(17-31(23)41(29)37(47)51-3)35(45)39(33(25)43)11-5-6-12-40-34(44)26-16-24-22-14-20(50-2)8-10-30(22)42(38(48)52-4)32(24)18-28(26)36(40)46/h7-10,13-14,25-28H,5-6,11-12,15-18H2,1-4H3. The third kappa shape index (κ3) is 4.83. The van der Waals surface area contributed by atoms with E-state index < -0.39 is 35.9 Å². The van der Waals surface area contributed by atoms with Crippen LogP contribution in [-0.2, 0) is 54.3 Å². The van der Waals surface area contributed by atoms with E-state index in [0.717, 1.165) is 21.9 Å². The number of hydrogen-bond acceptors (Lipinski definition) is 10. The van der Waals surface area contributed by atoms with Crippen molar-refractivity contribution < 1.29 is 47.7 Å². The molecule has 8 rings (SSSR count). The second-order valence-corrected chi connectivity index (χ2v) is 13.8. The summed E-state index contributed by atoms with van der Waals surface area (Å²) in [5.41, 5.74) is 4.23. The molecule has 4 aromatic rings. The Labute approximate surface area is 298 Å². The molecule has 4 amide bonds. The Morgan fingerprint density at radius 3 is 1.29 bits per heavy atom. The highest BCUT2D eigenvalue weighted by Crippen LogP contribution is 2.44. The minimum Gasteiger partial charge on any atom is -0.497 e. The van der Waals surface area contributed by atoms with Crippen LogP contribution in [0.2, 0.25) is 0 Å². The molecule has 2 fully saturated rings. The number of hydrogen-bond donors (Lipinski definition) is 0. The molecule has 4 aliphatic rings. The summed E-state index contributed by atoms with van der Waals surface area (Å²) in [5.74, 6) is -2.19. The van der Waals surface area contributed by atoms with Gasteiger partial charge in [0.25, 0.3) is 0 Å². The molecule has 52 heavy (non-hydrogen) atoms. The molecule has 0 spiro atoms. The maximum atomic E-state index is 13.7. The topological polar surface area (TPSA) is 156 Å². The van der Waals surface area contributed by atoms with Crippen LogP contribution in [0.25, 0.3) is 21.8 Å². The van der Waals surface area contributed by atoms with Crippen LogP contribution in [0, 0.1) is 23.7 Å². The van der Waals surface area contributed by atoms with Crippen molar-refractivity contribution in [1.82, 2.24) is 18.9 Å². The summed E-state index contributed by atoms with van der Waals surface area (Å²) >= 11 is 0. The van der Waals surface area contributed by atoms with Crippen LogP contribution in [-0.4, -0.2) is 96.3 Å². The van der Waals surface area contributed by atoms with E-state index in [2.05, 4.69) is 0 Å². The molecule has 14 nitrogen and oxygen atoms in total. The zero-order valence-electron chi connectivity index (χ0n) is 29.3. The van der Waals surface area contributed by atoms with Crippen molar-refractivity contribution in [2.24, 2.45) is 23.7 Å². The van der Waals surface area contributed by atoms with E-state index in [9.17, 15) is 28.8 Å². The largest absolute Gasteiger partial charge is 0.497 e. The molecule has 2 aromatic carbocycles. The fourth-order valence-electron chi connectivity index (χ4n) is 8.98. The summed E-state index contributed by atoms with van der Waals surface area (Å²) in [7, 11) is 5.72. The highest BCUT2D eigenvalue weighted by molar-refractivity contribution is 6.08. The van der Waals surface area contributed by atoms with Gasteiger partial charge in [0.15, 0.2) is 0 Å². The fraction of sp³-hybridized carbons (Fsp3) is 0.421. The van der Waals surface area contributed by atoms with Gasteiger partial charge in [-0.25, -0.2) is 18.7 Å². The van der Waals surface area contributed by atoms with Gasteiger partial charge in [0.1, 0.15) is 11.5 Å². The van der Waals surface area contributed by atoms with Crippen molar-refractivity contribution in [3.63, 3.8) is 0 Å². The van der Waals surface area contributed by atoms with Gasteiger partial charge in [-0.05, 0) is 73.2 Å². The van der Waals surface area contributed by atoms with Crippen LogP contribution >= 0.6 is 0 Å². The summed E-state index contributed by atoms with van der Waals surface area (Å²) in [5, 5.41) is 1.56. The first-order valence-electron chi connectivity index (χ1n) is 17.4. The fourth-order valence-corrected chi connectivity index (χ4v) is 8.98. The lowest BCUT2D eigenvalue weighted by Crippen LogP contribution is -2.34. The van der Waals surface area contributed by atoms with E-state index in [1.54, 1.807) is 38.5 Å². The highest BCUT2D eigenvalue weighted by Gasteiger charge is 2.52. The van der Waals surface area contributed by atoms with Crippen LogP contribution in [0.15, 0.2) is 36.4 Å². The molecule has 2 aromatic heterocycles. The molecule has 0 N–H and O–H groups in total. The summed E-state index contributed by atoms with van der Waals surface area (Å²) in [6.45, 7) is 0.318. The van der Waals surface area contributed by atoms with E-state index >= 15 is 0 Å². The second kappa shape index (κ2) is 12.5. The highest BCUT2D eigenvalue weighted by atomic mass is 16.5. The maximum absolute atomic E-state index is 13.7. The van der Waals surface area contributed by atoms with Crippen molar-refractivity contribution in [3.8, 4) is 11.5 Å². The Morgan fingerprint density at radius 1 is 0.577 bits per heavy atom. The van der Waals surface area contributed by atoms with E-state index in [1.165, 1.54) is 33.2 Å². The summed E-state index contributed by atoms with van der Waals surface area (Å²) < 4.78 is 23.9. The van der Waals surface area contributed by atoms with Gasteiger partial charge in [-0.2, -0.15) is 0 Å². The van der Waals surface area contributed by atoms with Gasteiger partial charge in [-0.15, -0.1) is 0 Å². The number of unbranched alkanes of at least 4 members (excludes halogenated alkanes) is 1. The molecule has 4 atom stereocenters. The number of methoxy groups -OCH3 is 4. The summed E-state index contributed by atoms with van der Waals surface area (Å²) in [6.07, 6.45) is 0.714. The number of carbonyl (C=O) groups excluding carboxylic acids is 6. The van der Waals surface area contributed by atoms with E-state index in [1.807, 2.05) is 12.1 Å². The van der Waals surface area contributed by atoms with E-state index in [4.69, 9.17) is 18.9 Å². The zero-order chi connectivity index (χ0) is 36.6. The molecule has 0 bridgehead atoms. The maximum Gasteiger partial charge on any atom is 0.418 e. The van der Waals surface area contributed by atoms with Crippen LogP contribution in [0.3, 0.4) is 0 Å². The monoisotopic (exact) mass is 710 g/mol. The van der Waals surface area contributed by atoms with Crippen molar-refractivity contribution in [2.75, 3.05) is 41.5 Å². The smallest absolute Gasteiger partial charge is 0.418 e. The Kier molecular flexibility index (Phi) is 8.07. The average molecular weight is 711 g/mol. The third-order valence-corrected chi connectivity index (χ3v) is 11.5. The molecule has 2 aliphatic carbocycles. The number of imide groups is 2. The normalized spacial score (nSPS) is 22.1. The molecular formula is C38H38N4O10. The average Bonchev–Trinajstić information content (AvgIpc) is 3.81. The molecular weight excluding hydrogens is 672 g/mol. The molecule has 2 aliphatic heterocycles. The molecule has 2 saturated heterocycles. The number of fused-ring (bicyclic) bond motifs is 8. The predicted molar refractivity (Wildman–Crippen MR) is 184 cm³/mol. The third-order valence-electron chi connectivity index (χ3n) is 11.5. The first-order chi connectivity index (χ1) is 25.1. The molecule has 4 heterocycles. The van der Waals surface area contributed by atoms with E-state index in [-0.39, 0.29) is 49.6 Å². The Bertz CT molecular complexity index is 2080. The number of benzene rings is 2. The van der Waals surface area contributed by atoms with Gasteiger partial charge in [0.2, 0.25) is 23.6 Å². The van der Waals surface area contributed by atoms with Gasteiger partial charge >= 0.3 is 12.2 Å². The lowest BCUT2D eigenvalue weighted by molar-refractivity contribution is -0.142. The number of aromatic nitrogens is 2. The van der Waals surface area contributed by atoms with E-state index in [0.29, 0.717) is 59.6 Å². The SMILES string of the molecule is COC(=O)n1c2c(c3cc(OC)ccc31)CC1C(=O)N(CCCCN3C(=O)C4Cc5c(n(C(=O)OC)c6ccc(OC)cc56)CC4C3=O)C(=O)C1C2. The molecule has 270 valence electrons. The van der Waals surface area contributed by atoms with Gasteiger partial charge in [-0.3, -0.25) is 29.0 Å². The predicted octanol–water partition coefficient (Wildman–Crippen LogP) is 3.72. The number of ether oxygens (including phenoxy) is 4. The molecule has 0 radical (unpaired) electrons. The van der Waals surface area contributed by atoms with Crippen LogP contribution in [0.5, 0.6) is 11.5 Å². The lowest BCUT2D eigenvalue weighted by Gasteiger charge is -2.23. The summed E-state index contributed by atoms with van der Waals surface area (Å²) in [6, 6.07) is 10.7. The molecule has 0 saturated carbocycles. The Morgan fingerprint density at radius 2 is 0.942 bits per heavy atom. The number of carbonyl (C=O) groups is 6. The Balaban J connectivity index is 0.949. The number of nitrogens with zero attached hydrogens (tertiary/aromatic N) is 4. The minimum atomic E-state index is -0.608. The quantitative estimate of drug-likeness (QED) is 0.205. The van der Waals surface area contributed by atoms with Crippen LogP contribution in [0.4, 0.5) is 9.59 Å². The number of likely N-dealkylation sites (tertiary alicyclic amines) is 2. The lowest BCUT2D eigenvalue weighted by atomic mass is 9.79. The summed E-state index contributed by atoms with van der Waals surface area (Å²) in [4.78, 5) is 83.0. The van der Waals surface area contributed by atoms with Gasteiger partial charge in [0.05, 0.1) is 63.1 Å². The number of rotatable bonds is 7. The van der Waals surface area contributed by atoms with Gasteiger partial charge in [0, 0.05) is 48.1 Å². The van der Waals surface area contributed by atoms with Crippen molar-refractivity contribution in [2.45, 2.75) is 38.5 Å². The van der Waals surface area contributed by atoms with Crippen molar-refractivity contribution in [3.05, 3.63) is 58.9 Å². The first kappa shape index (κ1) is 33.5. The number of amides is 4. The first-order valence-corrected chi connectivity index (χ1v) is 17.4. The van der Waals surface area contributed by atoms with Crippen LogP contribution < -0.4 is 9.47 Å².